The molecule has 0 spiro atoms. The van der Waals surface area contributed by atoms with Crippen molar-refractivity contribution in [1.82, 2.24) is 0 Å². The Morgan fingerprint density at radius 1 is 1.15 bits per heavy atom. The highest BCUT2D eigenvalue weighted by Gasteiger charge is 2.12. The molecule has 2 nitrogen and oxygen atoms in total. The van der Waals surface area contributed by atoms with E-state index in [0.29, 0.717) is 0 Å². The zero-order valence-electron chi connectivity index (χ0n) is 6.18. The number of hydrogen-bond acceptors (Lipinski definition) is 2. The minimum Gasteiger partial charge on any atom is -0.276 e. The van der Waals surface area contributed by atoms with Crippen LogP contribution in [0.3, 0.4) is 0 Å². The Labute approximate surface area is 83.3 Å². The van der Waals surface area contributed by atoms with E-state index in [1.807, 2.05) is 0 Å². The first-order valence-electron chi connectivity index (χ1n) is 3.21. The molecule has 0 amide bonds. The number of benzene rings is 1. The number of carbonyl (C=O) groups is 2. The normalized spacial score (nSPS) is 9.77. The third-order valence-electron chi connectivity index (χ3n) is 1.41. The van der Waals surface area contributed by atoms with Gasteiger partial charge in [0.15, 0.2) is 0 Å². The van der Waals surface area contributed by atoms with Crippen LogP contribution in [0.15, 0.2) is 18.2 Å². The molecule has 0 heterocycles. The molecule has 0 unspecified atom stereocenters. The second kappa shape index (κ2) is 3.85. The van der Waals surface area contributed by atoms with Crippen LogP contribution in [0.4, 0.5) is 4.39 Å². The van der Waals surface area contributed by atoms with Gasteiger partial charge in [0.2, 0.25) is 0 Å². The third-order valence-corrected chi connectivity index (χ3v) is 1.83. The highest BCUT2D eigenvalue weighted by atomic mass is 35.5. The Balaban J connectivity index is 3.27. The van der Waals surface area contributed by atoms with Crippen molar-refractivity contribution in [2.75, 3.05) is 0 Å². The van der Waals surface area contributed by atoms with Crippen molar-refractivity contribution in [3.8, 4) is 0 Å². The summed E-state index contributed by atoms with van der Waals surface area (Å²) in [6.45, 7) is 0. The lowest BCUT2D eigenvalue weighted by Crippen LogP contribution is -1.98. The lowest BCUT2D eigenvalue weighted by Gasteiger charge is -1.98. The van der Waals surface area contributed by atoms with E-state index in [-0.39, 0.29) is 11.1 Å². The molecule has 0 saturated carbocycles. The number of halogens is 3. The first-order chi connectivity index (χ1) is 6.02. The van der Waals surface area contributed by atoms with Gasteiger partial charge in [0.25, 0.3) is 10.5 Å². The Bertz CT molecular complexity index is 376. The van der Waals surface area contributed by atoms with Gasteiger partial charge in [-0.15, -0.1) is 0 Å². The summed E-state index contributed by atoms with van der Waals surface area (Å²) in [5.74, 6) is -0.776. The zero-order chi connectivity index (χ0) is 10.0. The summed E-state index contributed by atoms with van der Waals surface area (Å²) in [5, 5.41) is -1.73. The van der Waals surface area contributed by atoms with E-state index in [1.54, 1.807) is 0 Å². The van der Waals surface area contributed by atoms with Gasteiger partial charge in [-0.2, -0.15) is 0 Å². The van der Waals surface area contributed by atoms with E-state index in [2.05, 4.69) is 0 Å². The Kier molecular flexibility index (Phi) is 3.01. The van der Waals surface area contributed by atoms with Crippen molar-refractivity contribution in [3.63, 3.8) is 0 Å². The van der Waals surface area contributed by atoms with Gasteiger partial charge in [-0.05, 0) is 41.4 Å². The highest BCUT2D eigenvalue weighted by molar-refractivity contribution is 6.69. The molecule has 5 heteroatoms. The van der Waals surface area contributed by atoms with Crippen molar-refractivity contribution in [1.29, 1.82) is 0 Å². The third kappa shape index (κ3) is 2.26. The summed E-state index contributed by atoms with van der Waals surface area (Å²) in [4.78, 5) is 21.2. The van der Waals surface area contributed by atoms with Gasteiger partial charge in [-0.25, -0.2) is 4.39 Å². The average molecular weight is 221 g/mol. The Morgan fingerprint density at radius 3 is 2.23 bits per heavy atom. The maximum absolute atomic E-state index is 12.8. The standard InChI is InChI=1S/C8H3Cl2FO2/c9-7(12)4-1-2-6(11)5(3-4)8(10)13/h1-3H. The summed E-state index contributed by atoms with van der Waals surface area (Å²) in [6, 6.07) is 3.15. The molecule has 0 aliphatic carbocycles. The van der Waals surface area contributed by atoms with Crippen LogP contribution in [0.25, 0.3) is 0 Å². The molecule has 0 fully saturated rings. The Morgan fingerprint density at radius 2 is 1.77 bits per heavy atom. The van der Waals surface area contributed by atoms with Gasteiger partial charge in [0, 0.05) is 5.56 Å². The lowest BCUT2D eigenvalue weighted by atomic mass is 10.1. The molecule has 0 saturated heterocycles. The first-order valence-corrected chi connectivity index (χ1v) is 3.97. The molecule has 0 aromatic heterocycles. The summed E-state index contributed by atoms with van der Waals surface area (Å²) >= 11 is 10.2. The predicted molar refractivity (Wildman–Crippen MR) is 46.8 cm³/mol. The second-order valence-corrected chi connectivity index (χ2v) is 2.93. The molecule has 0 atom stereocenters. The van der Waals surface area contributed by atoms with Gasteiger partial charge < -0.3 is 0 Å². The summed E-state index contributed by atoms with van der Waals surface area (Å²) < 4.78 is 12.8. The van der Waals surface area contributed by atoms with Crippen LogP contribution in [0.2, 0.25) is 0 Å². The SMILES string of the molecule is O=C(Cl)c1ccc(F)c(C(=O)Cl)c1. The molecule has 68 valence electrons. The van der Waals surface area contributed by atoms with E-state index < -0.39 is 16.3 Å². The summed E-state index contributed by atoms with van der Waals surface area (Å²) in [7, 11) is 0. The summed E-state index contributed by atoms with van der Waals surface area (Å²) in [6.07, 6.45) is 0. The zero-order valence-corrected chi connectivity index (χ0v) is 7.69. The van der Waals surface area contributed by atoms with Crippen LogP contribution in [0.5, 0.6) is 0 Å². The maximum Gasteiger partial charge on any atom is 0.255 e. The van der Waals surface area contributed by atoms with Crippen LogP contribution in [-0.2, 0) is 0 Å². The summed E-state index contributed by atoms with van der Waals surface area (Å²) in [5.41, 5.74) is -0.319. The van der Waals surface area contributed by atoms with Gasteiger partial charge in [0.1, 0.15) is 5.82 Å². The van der Waals surface area contributed by atoms with Gasteiger partial charge in [0.05, 0.1) is 5.56 Å². The van der Waals surface area contributed by atoms with Crippen molar-refractivity contribution in [2.24, 2.45) is 0 Å². The fourth-order valence-electron chi connectivity index (χ4n) is 0.798. The molecular formula is C8H3Cl2FO2. The topological polar surface area (TPSA) is 34.1 Å². The van der Waals surface area contributed by atoms with E-state index >= 15 is 0 Å². The monoisotopic (exact) mass is 220 g/mol. The second-order valence-electron chi connectivity index (χ2n) is 2.24. The molecular weight excluding hydrogens is 218 g/mol. The number of hydrogen-bond donors (Lipinski definition) is 0. The highest BCUT2D eigenvalue weighted by Crippen LogP contribution is 2.14. The molecule has 0 aliphatic rings. The van der Waals surface area contributed by atoms with Crippen LogP contribution in [0.1, 0.15) is 20.7 Å². The smallest absolute Gasteiger partial charge is 0.255 e. The molecule has 1 aromatic carbocycles. The van der Waals surface area contributed by atoms with E-state index in [0.717, 1.165) is 12.1 Å². The fourth-order valence-corrected chi connectivity index (χ4v) is 1.06. The van der Waals surface area contributed by atoms with Crippen molar-refractivity contribution in [2.45, 2.75) is 0 Å². The van der Waals surface area contributed by atoms with Gasteiger partial charge >= 0.3 is 0 Å². The minimum atomic E-state index is -0.961. The van der Waals surface area contributed by atoms with Crippen LogP contribution in [0, 0.1) is 5.82 Å². The van der Waals surface area contributed by atoms with Crippen LogP contribution < -0.4 is 0 Å². The molecule has 0 N–H and O–H groups in total. The van der Waals surface area contributed by atoms with E-state index in [9.17, 15) is 14.0 Å². The largest absolute Gasteiger partial charge is 0.276 e. The van der Waals surface area contributed by atoms with Crippen LogP contribution >= 0.6 is 23.2 Å². The minimum absolute atomic E-state index is 0.0343. The van der Waals surface area contributed by atoms with Gasteiger partial charge in [-0.1, -0.05) is 0 Å². The van der Waals surface area contributed by atoms with Crippen molar-refractivity contribution in [3.05, 3.63) is 35.1 Å². The molecule has 1 rings (SSSR count). The predicted octanol–water partition coefficient (Wildman–Crippen LogP) is 2.58. The molecule has 0 aliphatic heterocycles. The molecule has 0 bridgehead atoms. The van der Waals surface area contributed by atoms with E-state index in [4.69, 9.17) is 23.2 Å². The fraction of sp³-hybridized carbons (Fsp3) is 0. The average Bonchev–Trinajstić information content (AvgIpc) is 2.04. The number of rotatable bonds is 2. The molecule has 1 aromatic rings. The van der Waals surface area contributed by atoms with Crippen molar-refractivity contribution >= 4 is 33.7 Å². The van der Waals surface area contributed by atoms with E-state index in [1.165, 1.54) is 6.07 Å². The Hall–Kier alpha value is -0.930. The van der Waals surface area contributed by atoms with Crippen molar-refractivity contribution < 1.29 is 14.0 Å². The van der Waals surface area contributed by atoms with Gasteiger partial charge in [-0.3, -0.25) is 9.59 Å². The van der Waals surface area contributed by atoms with Crippen LogP contribution in [-0.4, -0.2) is 10.5 Å². The first kappa shape index (κ1) is 10.2. The molecule has 0 radical (unpaired) electrons. The maximum atomic E-state index is 12.8. The quantitative estimate of drug-likeness (QED) is 0.719. The molecule has 13 heavy (non-hydrogen) atoms. The lowest BCUT2D eigenvalue weighted by molar-refractivity contribution is 0.107. The number of carbonyl (C=O) groups excluding carboxylic acids is 2.